The van der Waals surface area contributed by atoms with Crippen LogP contribution in [0.4, 0.5) is 5.82 Å². The molecule has 0 N–H and O–H groups in total. The van der Waals surface area contributed by atoms with Crippen LogP contribution in [0.1, 0.15) is 12.7 Å². The zero-order valence-electron chi connectivity index (χ0n) is 16.8. The number of carbonyl (C=O) groups excluding carboxylic acids is 1. The Hall–Kier alpha value is -3.56. The molecule has 10 heteroatoms. The second-order valence-corrected chi connectivity index (χ2v) is 7.30. The van der Waals surface area contributed by atoms with E-state index in [0.717, 1.165) is 17.3 Å². The van der Waals surface area contributed by atoms with Gasteiger partial charge in [0.15, 0.2) is 29.1 Å². The largest absolute Gasteiger partial charge is 0.481 e. The standard InChI is InChI=1S/C20H22N6O4/c1-13(30-15-3-4-16-17(11-15)29-12-28-16)20(27)25-9-7-24(8-10-25)19-6-5-18-22-21-14(2)26(18)23-19/h3-6,11,13H,7-10,12H2,1-2H3. The van der Waals surface area contributed by atoms with Crippen molar-refractivity contribution in [2.45, 2.75) is 20.0 Å². The highest BCUT2D eigenvalue weighted by atomic mass is 16.7. The minimum atomic E-state index is -0.592. The van der Waals surface area contributed by atoms with Crippen LogP contribution in [0.5, 0.6) is 17.2 Å². The highest BCUT2D eigenvalue weighted by Gasteiger charge is 2.27. The Morgan fingerprint density at radius 2 is 1.87 bits per heavy atom. The molecule has 1 fully saturated rings. The summed E-state index contributed by atoms with van der Waals surface area (Å²) < 4.78 is 18.2. The lowest BCUT2D eigenvalue weighted by atomic mass is 10.2. The average Bonchev–Trinajstić information content (AvgIpc) is 3.39. The van der Waals surface area contributed by atoms with E-state index in [9.17, 15) is 4.79 Å². The minimum absolute atomic E-state index is 0.0367. The number of anilines is 1. The third-order valence-corrected chi connectivity index (χ3v) is 5.32. The van der Waals surface area contributed by atoms with Crippen molar-refractivity contribution in [1.29, 1.82) is 0 Å². The first-order chi connectivity index (χ1) is 14.6. The van der Waals surface area contributed by atoms with E-state index < -0.39 is 6.10 Å². The Labute approximate surface area is 172 Å². The molecule has 5 rings (SSSR count). The van der Waals surface area contributed by atoms with E-state index >= 15 is 0 Å². The van der Waals surface area contributed by atoms with Crippen LogP contribution in [0.15, 0.2) is 30.3 Å². The lowest BCUT2D eigenvalue weighted by Gasteiger charge is -2.36. The monoisotopic (exact) mass is 410 g/mol. The topological polar surface area (TPSA) is 94.3 Å². The summed E-state index contributed by atoms with van der Waals surface area (Å²) in [6.45, 7) is 6.45. The first kappa shape index (κ1) is 18.5. The number of fused-ring (bicyclic) bond motifs is 2. The second kappa shape index (κ2) is 7.36. The van der Waals surface area contributed by atoms with Gasteiger partial charge in [-0.05, 0) is 38.1 Å². The number of hydrogen-bond donors (Lipinski definition) is 0. The molecule has 2 aromatic heterocycles. The predicted molar refractivity (Wildman–Crippen MR) is 107 cm³/mol. The van der Waals surface area contributed by atoms with Crippen molar-refractivity contribution >= 4 is 17.4 Å². The number of amides is 1. The molecular weight excluding hydrogens is 388 g/mol. The molecule has 0 radical (unpaired) electrons. The number of carbonyl (C=O) groups is 1. The summed E-state index contributed by atoms with van der Waals surface area (Å²) >= 11 is 0. The van der Waals surface area contributed by atoms with Gasteiger partial charge in [-0.25, -0.2) is 0 Å². The second-order valence-electron chi connectivity index (χ2n) is 7.30. The van der Waals surface area contributed by atoms with Crippen molar-refractivity contribution in [2.75, 3.05) is 37.9 Å². The summed E-state index contributed by atoms with van der Waals surface area (Å²) in [6, 6.07) is 9.16. The maximum absolute atomic E-state index is 12.9. The van der Waals surface area contributed by atoms with Crippen LogP contribution >= 0.6 is 0 Å². The van der Waals surface area contributed by atoms with Gasteiger partial charge >= 0.3 is 0 Å². The molecule has 3 aromatic rings. The molecule has 2 aliphatic rings. The average molecular weight is 410 g/mol. The van der Waals surface area contributed by atoms with E-state index in [1.54, 1.807) is 29.6 Å². The van der Waals surface area contributed by atoms with Gasteiger partial charge < -0.3 is 24.0 Å². The van der Waals surface area contributed by atoms with Gasteiger partial charge in [0.25, 0.3) is 5.91 Å². The van der Waals surface area contributed by atoms with Gasteiger partial charge in [-0.3, -0.25) is 4.79 Å². The summed E-state index contributed by atoms with van der Waals surface area (Å²) in [5, 5.41) is 12.7. The summed E-state index contributed by atoms with van der Waals surface area (Å²) in [7, 11) is 0. The number of ether oxygens (including phenoxy) is 3. The van der Waals surface area contributed by atoms with E-state index in [4.69, 9.17) is 14.2 Å². The zero-order valence-corrected chi connectivity index (χ0v) is 16.8. The quantitative estimate of drug-likeness (QED) is 0.635. The van der Waals surface area contributed by atoms with Crippen LogP contribution in [0.3, 0.4) is 0 Å². The molecule has 1 saturated heterocycles. The number of piperazine rings is 1. The van der Waals surface area contributed by atoms with Crippen molar-refractivity contribution in [3.05, 3.63) is 36.2 Å². The Bertz CT molecular complexity index is 1090. The van der Waals surface area contributed by atoms with Gasteiger partial charge in [0.05, 0.1) is 0 Å². The molecule has 1 unspecified atom stereocenters. The van der Waals surface area contributed by atoms with E-state index in [0.29, 0.717) is 43.4 Å². The molecule has 0 spiro atoms. The number of aryl methyl sites for hydroxylation is 1. The van der Waals surface area contributed by atoms with E-state index in [1.807, 2.05) is 24.0 Å². The van der Waals surface area contributed by atoms with E-state index in [-0.39, 0.29) is 12.7 Å². The maximum atomic E-state index is 12.9. The lowest BCUT2D eigenvalue weighted by Crippen LogP contribution is -2.52. The fourth-order valence-corrected chi connectivity index (χ4v) is 3.67. The highest BCUT2D eigenvalue weighted by molar-refractivity contribution is 5.81. The van der Waals surface area contributed by atoms with Crippen LogP contribution in [0.2, 0.25) is 0 Å². The molecular formula is C20H22N6O4. The maximum Gasteiger partial charge on any atom is 0.263 e. The molecule has 4 heterocycles. The summed E-state index contributed by atoms with van der Waals surface area (Å²) in [4.78, 5) is 16.8. The third-order valence-electron chi connectivity index (χ3n) is 5.32. The van der Waals surface area contributed by atoms with Gasteiger partial charge in [0.1, 0.15) is 11.6 Å². The normalized spacial score (nSPS) is 16.7. The SMILES string of the molecule is Cc1nnc2ccc(N3CCN(C(=O)C(C)Oc4ccc5c(c4)OCO5)CC3)nn12. The fraction of sp³-hybridized carbons (Fsp3) is 0.400. The number of hydrogen-bond acceptors (Lipinski definition) is 8. The molecule has 0 bridgehead atoms. The molecule has 1 atom stereocenters. The highest BCUT2D eigenvalue weighted by Crippen LogP contribution is 2.35. The van der Waals surface area contributed by atoms with Crippen LogP contribution < -0.4 is 19.1 Å². The van der Waals surface area contributed by atoms with Gasteiger partial charge in [-0.2, -0.15) is 4.52 Å². The van der Waals surface area contributed by atoms with Crippen LogP contribution in [0.25, 0.3) is 5.65 Å². The van der Waals surface area contributed by atoms with Crippen molar-refractivity contribution in [3.8, 4) is 17.2 Å². The van der Waals surface area contributed by atoms with Gasteiger partial charge in [0.2, 0.25) is 6.79 Å². The minimum Gasteiger partial charge on any atom is -0.481 e. The van der Waals surface area contributed by atoms with E-state index in [1.165, 1.54) is 0 Å². The summed E-state index contributed by atoms with van der Waals surface area (Å²) in [6.07, 6.45) is -0.592. The Kier molecular flexibility index (Phi) is 4.53. The summed E-state index contributed by atoms with van der Waals surface area (Å²) in [5.41, 5.74) is 0.722. The fourth-order valence-electron chi connectivity index (χ4n) is 3.67. The van der Waals surface area contributed by atoms with Crippen molar-refractivity contribution < 1.29 is 19.0 Å². The molecule has 0 aliphatic carbocycles. The number of aromatic nitrogens is 4. The molecule has 30 heavy (non-hydrogen) atoms. The van der Waals surface area contributed by atoms with Crippen LogP contribution in [-0.4, -0.2) is 69.7 Å². The number of rotatable bonds is 4. The van der Waals surface area contributed by atoms with Gasteiger partial charge in [-0.15, -0.1) is 15.3 Å². The Balaban J connectivity index is 1.20. The molecule has 1 aromatic carbocycles. The van der Waals surface area contributed by atoms with Crippen molar-refractivity contribution in [3.63, 3.8) is 0 Å². The zero-order chi connectivity index (χ0) is 20.7. The first-order valence-electron chi connectivity index (χ1n) is 9.87. The first-order valence-corrected chi connectivity index (χ1v) is 9.87. The van der Waals surface area contributed by atoms with Gasteiger partial charge in [-0.1, -0.05) is 0 Å². The number of nitrogens with zero attached hydrogens (tertiary/aromatic N) is 6. The lowest BCUT2D eigenvalue weighted by molar-refractivity contribution is -0.138. The predicted octanol–water partition coefficient (Wildman–Crippen LogP) is 1.28. The summed E-state index contributed by atoms with van der Waals surface area (Å²) in [5.74, 6) is 3.46. The van der Waals surface area contributed by atoms with E-state index in [2.05, 4.69) is 20.2 Å². The number of benzene rings is 1. The van der Waals surface area contributed by atoms with Crippen molar-refractivity contribution in [2.24, 2.45) is 0 Å². The molecule has 156 valence electrons. The Morgan fingerprint density at radius 3 is 2.70 bits per heavy atom. The molecule has 10 nitrogen and oxygen atoms in total. The molecule has 2 aliphatic heterocycles. The third kappa shape index (κ3) is 3.34. The molecule has 1 amide bonds. The Morgan fingerprint density at radius 1 is 1.07 bits per heavy atom. The van der Waals surface area contributed by atoms with Crippen LogP contribution in [0, 0.1) is 6.92 Å². The van der Waals surface area contributed by atoms with Crippen LogP contribution in [-0.2, 0) is 4.79 Å². The molecule has 0 saturated carbocycles. The van der Waals surface area contributed by atoms with Gasteiger partial charge in [0, 0.05) is 32.2 Å². The van der Waals surface area contributed by atoms with Crippen molar-refractivity contribution in [1.82, 2.24) is 24.7 Å². The smallest absolute Gasteiger partial charge is 0.263 e.